The second kappa shape index (κ2) is 4.07. The predicted octanol–water partition coefficient (Wildman–Crippen LogP) is 1.85. The van der Waals surface area contributed by atoms with Crippen LogP contribution in [0.25, 0.3) is 0 Å². The molecule has 2 saturated carbocycles. The van der Waals surface area contributed by atoms with E-state index < -0.39 is 0 Å². The Morgan fingerprint density at radius 3 is 2.39 bits per heavy atom. The lowest BCUT2D eigenvalue weighted by molar-refractivity contribution is -0.577. The molecule has 2 aliphatic carbocycles. The highest BCUT2D eigenvalue weighted by atomic mass is 16.3. The smallest absolute Gasteiger partial charge is 0.194 e. The number of hydrogen-bond donors (Lipinski definition) is 0. The first kappa shape index (κ1) is 12.2. The van der Waals surface area contributed by atoms with Gasteiger partial charge in [0.05, 0.1) is 5.92 Å². The highest BCUT2D eigenvalue weighted by molar-refractivity contribution is 5.85. The van der Waals surface area contributed by atoms with E-state index in [9.17, 15) is 5.11 Å². The van der Waals surface area contributed by atoms with Crippen LogP contribution in [0.3, 0.4) is 0 Å². The Kier molecular flexibility index (Phi) is 2.76. The van der Waals surface area contributed by atoms with Gasteiger partial charge in [0.15, 0.2) is 11.8 Å². The van der Waals surface area contributed by atoms with Crippen LogP contribution in [0.2, 0.25) is 0 Å². The summed E-state index contributed by atoms with van der Waals surface area (Å²) in [6, 6.07) is 0.399. The summed E-state index contributed by atoms with van der Waals surface area (Å²) in [4.78, 5) is 0. The zero-order valence-corrected chi connectivity index (χ0v) is 11.9. The van der Waals surface area contributed by atoms with E-state index in [1.807, 2.05) is 0 Å². The highest BCUT2D eigenvalue weighted by Gasteiger charge is 2.58. The van der Waals surface area contributed by atoms with Crippen LogP contribution in [0.5, 0.6) is 0 Å². The van der Waals surface area contributed by atoms with Crippen molar-refractivity contribution in [2.24, 2.45) is 34.7 Å². The average Bonchev–Trinajstić information content (AvgIpc) is 2.91. The van der Waals surface area contributed by atoms with Crippen molar-refractivity contribution in [2.45, 2.75) is 53.0 Å². The number of rotatable bonds is 2. The summed E-state index contributed by atoms with van der Waals surface area (Å²) in [5.74, 6) is 2.66. The van der Waals surface area contributed by atoms with E-state index in [1.165, 1.54) is 25.0 Å². The molecule has 3 aliphatic rings. The first-order valence-electron chi connectivity index (χ1n) is 7.42. The van der Waals surface area contributed by atoms with Crippen LogP contribution < -0.4 is 5.11 Å². The molecule has 2 fully saturated rings. The summed E-state index contributed by atoms with van der Waals surface area (Å²) in [6.45, 7) is 8.87. The maximum atomic E-state index is 12.2. The third-order valence-electron chi connectivity index (χ3n) is 5.09. The zero-order valence-electron chi connectivity index (χ0n) is 11.9. The summed E-state index contributed by atoms with van der Waals surface area (Å²) in [6.07, 6.45) is 3.81. The molecule has 0 radical (unpaired) electrons. The van der Waals surface area contributed by atoms with E-state index in [0.29, 0.717) is 29.7 Å². The van der Waals surface area contributed by atoms with Crippen molar-refractivity contribution in [1.29, 1.82) is 0 Å². The Morgan fingerprint density at radius 2 is 1.78 bits per heavy atom. The van der Waals surface area contributed by atoms with Crippen molar-refractivity contribution < 1.29 is 9.79 Å². The van der Waals surface area contributed by atoms with Crippen LogP contribution in [-0.4, -0.2) is 22.3 Å². The third kappa shape index (κ3) is 1.55. The number of hydrazone groups is 1. The van der Waals surface area contributed by atoms with Gasteiger partial charge in [0.2, 0.25) is 0 Å². The van der Waals surface area contributed by atoms with Crippen molar-refractivity contribution in [1.82, 2.24) is 0 Å². The summed E-state index contributed by atoms with van der Waals surface area (Å²) in [5, 5.41) is 16.6. The summed E-state index contributed by atoms with van der Waals surface area (Å²) >= 11 is 0. The fraction of sp³-hybridized carbons (Fsp3) is 0.867. The normalized spacial score (nSPS) is 37.7. The summed E-state index contributed by atoms with van der Waals surface area (Å²) in [7, 11) is 0. The monoisotopic (exact) mass is 248 g/mol. The lowest BCUT2D eigenvalue weighted by atomic mass is 9.84. The maximum Gasteiger partial charge on any atom is 0.194 e. The van der Waals surface area contributed by atoms with E-state index in [1.54, 1.807) is 0 Å². The minimum atomic E-state index is 0.158. The van der Waals surface area contributed by atoms with Crippen molar-refractivity contribution in [3.8, 4) is 0 Å². The Hall–Kier alpha value is -0.860. The number of hydrogen-bond acceptors (Lipinski definition) is 2. The lowest BCUT2D eigenvalue weighted by Crippen LogP contribution is -2.40. The second-order valence-corrected chi connectivity index (χ2v) is 6.87. The molecule has 4 unspecified atom stereocenters. The minimum Gasteiger partial charge on any atom is -0.857 e. The fourth-order valence-corrected chi connectivity index (χ4v) is 4.63. The van der Waals surface area contributed by atoms with Crippen LogP contribution in [0.15, 0.2) is 5.10 Å². The highest BCUT2D eigenvalue weighted by Crippen LogP contribution is 2.51. The molecule has 1 heterocycles. The van der Waals surface area contributed by atoms with E-state index in [2.05, 4.69) is 37.5 Å². The van der Waals surface area contributed by atoms with Crippen molar-refractivity contribution in [3.63, 3.8) is 0 Å². The molecule has 0 aromatic carbocycles. The molecule has 100 valence electrons. The Bertz CT molecular complexity index is 412. The van der Waals surface area contributed by atoms with Gasteiger partial charge in [0.1, 0.15) is 0 Å². The van der Waals surface area contributed by atoms with Gasteiger partial charge < -0.3 is 5.11 Å². The molecule has 0 spiro atoms. The van der Waals surface area contributed by atoms with Crippen LogP contribution >= 0.6 is 0 Å². The summed E-state index contributed by atoms with van der Waals surface area (Å²) < 4.78 is 2.14. The molecule has 0 amide bonds. The van der Waals surface area contributed by atoms with Crippen LogP contribution in [0.4, 0.5) is 0 Å². The SMILES string of the molecule is CC(C)C(C(C)C)=[N+]1N=C([O-])C2C3CCC(C3)C21. The van der Waals surface area contributed by atoms with E-state index in [4.69, 9.17) is 0 Å². The fourth-order valence-electron chi connectivity index (χ4n) is 4.63. The van der Waals surface area contributed by atoms with Crippen molar-refractivity contribution in [3.05, 3.63) is 0 Å². The van der Waals surface area contributed by atoms with Gasteiger partial charge in [-0.25, -0.2) is 0 Å². The minimum absolute atomic E-state index is 0.158. The average molecular weight is 248 g/mol. The standard InChI is InChI=1S/C15H24N2O/c1-8(2)13(9(3)4)17-14-11-6-5-10(7-11)12(14)15(18)16-17/h8-12,14H,5-7H2,1-4H3. The first-order valence-corrected chi connectivity index (χ1v) is 7.42. The van der Waals surface area contributed by atoms with Crippen LogP contribution in [-0.2, 0) is 0 Å². The van der Waals surface area contributed by atoms with Gasteiger partial charge in [-0.3, -0.25) is 0 Å². The van der Waals surface area contributed by atoms with E-state index in [-0.39, 0.29) is 11.8 Å². The molecule has 1 aliphatic heterocycles. The first-order chi connectivity index (χ1) is 8.50. The topological polar surface area (TPSA) is 38.4 Å². The molecular weight excluding hydrogens is 224 g/mol. The van der Waals surface area contributed by atoms with Crippen LogP contribution in [0, 0.1) is 29.6 Å². The second-order valence-electron chi connectivity index (χ2n) is 6.87. The van der Waals surface area contributed by atoms with Gasteiger partial charge in [-0.05, 0) is 30.3 Å². The zero-order chi connectivity index (χ0) is 13.0. The van der Waals surface area contributed by atoms with Gasteiger partial charge in [0, 0.05) is 23.7 Å². The molecular formula is C15H24N2O. The summed E-state index contributed by atoms with van der Waals surface area (Å²) in [5.41, 5.74) is 1.35. The van der Waals surface area contributed by atoms with Gasteiger partial charge in [0.25, 0.3) is 0 Å². The molecule has 3 heteroatoms. The number of fused-ring (bicyclic) bond motifs is 5. The molecule has 0 aromatic rings. The van der Waals surface area contributed by atoms with Gasteiger partial charge in [-0.1, -0.05) is 32.4 Å². The molecule has 0 saturated heterocycles. The molecule has 2 bridgehead atoms. The number of nitrogens with zero attached hydrogens (tertiary/aromatic N) is 2. The molecule has 0 aromatic heterocycles. The van der Waals surface area contributed by atoms with Gasteiger partial charge >= 0.3 is 0 Å². The molecule has 3 nitrogen and oxygen atoms in total. The van der Waals surface area contributed by atoms with E-state index >= 15 is 0 Å². The quantitative estimate of drug-likeness (QED) is 0.687. The van der Waals surface area contributed by atoms with Gasteiger partial charge in [-0.2, -0.15) is 0 Å². The third-order valence-corrected chi connectivity index (χ3v) is 5.09. The molecule has 0 N–H and O–H groups in total. The lowest BCUT2D eigenvalue weighted by Gasteiger charge is -2.23. The Morgan fingerprint density at radius 1 is 1.17 bits per heavy atom. The van der Waals surface area contributed by atoms with Gasteiger partial charge in [-0.15, -0.1) is 0 Å². The largest absolute Gasteiger partial charge is 0.857 e. The predicted molar refractivity (Wildman–Crippen MR) is 70.5 cm³/mol. The van der Waals surface area contributed by atoms with Crippen molar-refractivity contribution in [2.75, 3.05) is 0 Å². The van der Waals surface area contributed by atoms with E-state index in [0.717, 1.165) is 0 Å². The Balaban J connectivity index is 2.05. The molecule has 18 heavy (non-hydrogen) atoms. The van der Waals surface area contributed by atoms with Crippen LogP contribution in [0.1, 0.15) is 47.0 Å². The molecule has 3 rings (SSSR count). The molecule has 4 atom stereocenters. The van der Waals surface area contributed by atoms with Crippen molar-refractivity contribution >= 4 is 11.6 Å². The Labute approximate surface area is 110 Å². The maximum absolute atomic E-state index is 12.2.